The van der Waals surface area contributed by atoms with E-state index in [-0.39, 0.29) is 16.5 Å². The van der Waals surface area contributed by atoms with Gasteiger partial charge in [-0.25, -0.2) is 0 Å². The van der Waals surface area contributed by atoms with Gasteiger partial charge in [-0.3, -0.25) is 19.8 Å². The number of rotatable bonds is 5. The first-order valence-electron chi connectivity index (χ1n) is 7.89. The first-order chi connectivity index (χ1) is 11.0. The van der Waals surface area contributed by atoms with Crippen molar-refractivity contribution in [3.63, 3.8) is 0 Å². The second kappa shape index (κ2) is 6.12. The molecular formula is C17H20N2O4. The van der Waals surface area contributed by atoms with Gasteiger partial charge in [0, 0.05) is 25.7 Å². The first kappa shape index (κ1) is 15.7. The second-order valence-corrected chi connectivity index (χ2v) is 6.46. The molecule has 1 aromatic carbocycles. The summed E-state index contributed by atoms with van der Waals surface area (Å²) in [5.41, 5.74) is 0.0842. The van der Waals surface area contributed by atoms with Crippen LogP contribution in [0.15, 0.2) is 30.3 Å². The summed E-state index contributed by atoms with van der Waals surface area (Å²) in [5, 5.41) is 20.6. The van der Waals surface area contributed by atoms with E-state index in [2.05, 4.69) is 4.90 Å². The predicted octanol–water partition coefficient (Wildman–Crippen LogP) is 2.79. The van der Waals surface area contributed by atoms with Crippen molar-refractivity contribution in [1.29, 1.82) is 0 Å². The zero-order valence-electron chi connectivity index (χ0n) is 12.9. The molecule has 2 atom stereocenters. The summed E-state index contributed by atoms with van der Waals surface area (Å²) in [6.45, 7) is 2.00. The second-order valence-electron chi connectivity index (χ2n) is 6.46. The lowest BCUT2D eigenvalue weighted by molar-refractivity contribution is -0.385. The van der Waals surface area contributed by atoms with Gasteiger partial charge in [0.1, 0.15) is 0 Å². The van der Waals surface area contributed by atoms with E-state index in [9.17, 15) is 20.0 Å². The van der Waals surface area contributed by atoms with Crippen LogP contribution in [0.5, 0.6) is 0 Å². The lowest BCUT2D eigenvalue weighted by Gasteiger charge is -2.23. The number of nitro groups is 1. The molecule has 3 rings (SSSR count). The highest BCUT2D eigenvalue weighted by atomic mass is 16.6. The van der Waals surface area contributed by atoms with Crippen LogP contribution in [0, 0.1) is 21.4 Å². The summed E-state index contributed by atoms with van der Waals surface area (Å²) in [6, 6.07) is 6.62. The van der Waals surface area contributed by atoms with Crippen molar-refractivity contribution in [2.45, 2.75) is 19.3 Å². The van der Waals surface area contributed by atoms with Crippen LogP contribution in [0.4, 0.5) is 5.69 Å². The third-order valence-electron chi connectivity index (χ3n) is 5.16. The van der Waals surface area contributed by atoms with Crippen molar-refractivity contribution < 1.29 is 14.8 Å². The van der Waals surface area contributed by atoms with Gasteiger partial charge in [-0.15, -0.1) is 0 Å². The molecular weight excluding hydrogens is 296 g/mol. The minimum absolute atomic E-state index is 0.0871. The molecule has 6 heteroatoms. The number of likely N-dealkylation sites (tertiary alicyclic amines) is 1. The van der Waals surface area contributed by atoms with Crippen LogP contribution in [0.25, 0.3) is 6.08 Å². The van der Waals surface area contributed by atoms with Crippen molar-refractivity contribution in [2.24, 2.45) is 11.3 Å². The van der Waals surface area contributed by atoms with Crippen molar-refractivity contribution in [1.82, 2.24) is 4.90 Å². The molecule has 2 fully saturated rings. The Kier molecular flexibility index (Phi) is 4.17. The maximum Gasteiger partial charge on any atom is 0.311 e. The molecule has 122 valence electrons. The quantitative estimate of drug-likeness (QED) is 0.667. The van der Waals surface area contributed by atoms with Crippen LogP contribution >= 0.6 is 0 Å². The van der Waals surface area contributed by atoms with Gasteiger partial charge in [0.15, 0.2) is 0 Å². The van der Waals surface area contributed by atoms with Gasteiger partial charge < -0.3 is 5.11 Å². The molecule has 0 aromatic heterocycles. The van der Waals surface area contributed by atoms with E-state index in [1.54, 1.807) is 24.3 Å². The van der Waals surface area contributed by atoms with Crippen LogP contribution in [-0.2, 0) is 4.79 Å². The maximum absolute atomic E-state index is 11.6. The molecule has 0 bridgehead atoms. The van der Waals surface area contributed by atoms with Crippen LogP contribution in [0.1, 0.15) is 24.8 Å². The Balaban J connectivity index is 1.66. The lowest BCUT2D eigenvalue weighted by Crippen LogP contribution is -2.35. The molecule has 1 heterocycles. The molecule has 0 amide bonds. The molecule has 0 unspecified atom stereocenters. The number of benzene rings is 1. The fourth-order valence-electron chi connectivity index (χ4n) is 4.01. The van der Waals surface area contributed by atoms with E-state index in [0.29, 0.717) is 18.7 Å². The van der Waals surface area contributed by atoms with Gasteiger partial charge in [-0.05, 0) is 24.8 Å². The number of hydrogen-bond donors (Lipinski definition) is 1. The number of nitrogens with zero attached hydrogens (tertiary/aromatic N) is 2. The van der Waals surface area contributed by atoms with Crippen LogP contribution in [0.3, 0.4) is 0 Å². The molecule has 6 nitrogen and oxygen atoms in total. The van der Waals surface area contributed by atoms with Crippen molar-refractivity contribution in [3.05, 3.63) is 46.0 Å². The molecule has 1 saturated carbocycles. The summed E-state index contributed by atoms with van der Waals surface area (Å²) in [5.74, 6) is -0.440. The summed E-state index contributed by atoms with van der Waals surface area (Å²) >= 11 is 0. The Morgan fingerprint density at radius 3 is 2.96 bits per heavy atom. The minimum Gasteiger partial charge on any atom is -0.481 e. The molecule has 0 spiro atoms. The summed E-state index contributed by atoms with van der Waals surface area (Å²) in [4.78, 5) is 24.4. The van der Waals surface area contributed by atoms with Gasteiger partial charge in [0.25, 0.3) is 5.69 Å². The standard InChI is InChI=1S/C17H20N2O4/c20-16(21)17-9-3-7-14(17)11-18(12-17)10-4-6-13-5-1-2-8-15(13)19(22)23/h1-2,4-6,8,14H,3,7,9-12H2,(H,20,21)/b6-4+/t14-,17+/m0/s1. The highest BCUT2D eigenvalue weighted by molar-refractivity contribution is 5.76. The fraction of sp³-hybridized carbons (Fsp3) is 0.471. The van der Waals surface area contributed by atoms with E-state index >= 15 is 0 Å². The molecule has 2 aliphatic rings. The monoisotopic (exact) mass is 316 g/mol. The maximum atomic E-state index is 11.6. The van der Waals surface area contributed by atoms with E-state index in [1.807, 2.05) is 6.08 Å². The highest BCUT2D eigenvalue weighted by Gasteiger charge is 2.54. The molecule has 1 aliphatic heterocycles. The Morgan fingerprint density at radius 1 is 1.48 bits per heavy atom. The fourth-order valence-corrected chi connectivity index (χ4v) is 4.01. The van der Waals surface area contributed by atoms with E-state index in [4.69, 9.17) is 0 Å². The lowest BCUT2D eigenvalue weighted by atomic mass is 9.81. The smallest absolute Gasteiger partial charge is 0.311 e. The molecule has 23 heavy (non-hydrogen) atoms. The first-order valence-corrected chi connectivity index (χ1v) is 7.89. The van der Waals surface area contributed by atoms with Gasteiger partial charge in [-0.1, -0.05) is 30.7 Å². The summed E-state index contributed by atoms with van der Waals surface area (Å²) < 4.78 is 0. The SMILES string of the molecule is O=C(O)[C@@]12CCC[C@H]1CN(C/C=C/c1ccccc1[N+](=O)[O-])C2. The largest absolute Gasteiger partial charge is 0.481 e. The van der Waals surface area contributed by atoms with Crippen LogP contribution in [-0.4, -0.2) is 40.5 Å². The van der Waals surface area contributed by atoms with Gasteiger partial charge in [0.05, 0.1) is 15.9 Å². The summed E-state index contributed by atoms with van der Waals surface area (Å²) in [7, 11) is 0. The highest BCUT2D eigenvalue weighted by Crippen LogP contribution is 2.48. The molecule has 1 N–H and O–H groups in total. The van der Waals surface area contributed by atoms with Gasteiger partial charge >= 0.3 is 5.97 Å². The topological polar surface area (TPSA) is 83.7 Å². The number of nitro benzene ring substituents is 1. The average molecular weight is 316 g/mol. The molecule has 1 aliphatic carbocycles. The number of hydrogen-bond acceptors (Lipinski definition) is 4. The normalized spacial score (nSPS) is 27.4. The van der Waals surface area contributed by atoms with Crippen LogP contribution < -0.4 is 0 Å². The van der Waals surface area contributed by atoms with Crippen molar-refractivity contribution in [3.8, 4) is 0 Å². The predicted molar refractivity (Wildman–Crippen MR) is 86.0 cm³/mol. The number of aliphatic carboxylic acids is 1. The van der Waals surface area contributed by atoms with Crippen molar-refractivity contribution >= 4 is 17.7 Å². The van der Waals surface area contributed by atoms with Crippen molar-refractivity contribution in [2.75, 3.05) is 19.6 Å². The van der Waals surface area contributed by atoms with Gasteiger partial charge in [-0.2, -0.15) is 0 Å². The summed E-state index contributed by atoms with van der Waals surface area (Å²) in [6.07, 6.45) is 6.38. The Labute approximate surface area is 134 Å². The molecule has 1 aromatic rings. The minimum atomic E-state index is -0.676. The average Bonchev–Trinajstić information content (AvgIpc) is 3.05. The number of para-hydroxylation sites is 1. The Bertz CT molecular complexity index is 658. The number of carboxylic acid groups (broad SMARTS) is 1. The van der Waals surface area contributed by atoms with E-state index in [0.717, 1.165) is 25.8 Å². The third kappa shape index (κ3) is 2.86. The third-order valence-corrected chi connectivity index (χ3v) is 5.16. The number of fused-ring (bicyclic) bond motifs is 1. The number of carbonyl (C=O) groups is 1. The zero-order valence-corrected chi connectivity index (χ0v) is 12.9. The van der Waals surface area contributed by atoms with E-state index in [1.165, 1.54) is 6.07 Å². The zero-order chi connectivity index (χ0) is 16.4. The molecule has 1 saturated heterocycles. The van der Waals surface area contributed by atoms with Gasteiger partial charge in [0.2, 0.25) is 0 Å². The Hall–Kier alpha value is -2.21. The molecule has 0 radical (unpaired) electrons. The number of carboxylic acids is 1. The Morgan fingerprint density at radius 2 is 2.26 bits per heavy atom. The van der Waals surface area contributed by atoms with Crippen LogP contribution in [0.2, 0.25) is 0 Å². The van der Waals surface area contributed by atoms with E-state index < -0.39 is 11.4 Å².